The van der Waals surface area contributed by atoms with Gasteiger partial charge >= 0.3 is 6.61 Å². The first-order chi connectivity index (χ1) is 9.00. The minimum absolute atomic E-state index is 0.000939. The van der Waals surface area contributed by atoms with E-state index in [-0.39, 0.29) is 16.4 Å². The van der Waals surface area contributed by atoms with E-state index in [1.807, 2.05) is 0 Å². The standard InChI is InChI=1S/C13H13F3O2S/c1-9(17)19-8-3-2-5-10-11(14)6-4-7-12(10)18-13(15)16/h2,4-7,13H,3,8H2,1H3. The topological polar surface area (TPSA) is 26.3 Å². The fraction of sp³-hybridized carbons (Fsp3) is 0.308. The number of hydrogen-bond donors (Lipinski definition) is 0. The lowest BCUT2D eigenvalue weighted by atomic mass is 10.1. The summed E-state index contributed by atoms with van der Waals surface area (Å²) in [4.78, 5) is 10.7. The van der Waals surface area contributed by atoms with Crippen molar-refractivity contribution in [1.29, 1.82) is 0 Å². The maximum atomic E-state index is 13.5. The second-order valence-corrected chi connectivity index (χ2v) is 4.83. The average molecular weight is 290 g/mol. The van der Waals surface area contributed by atoms with Crippen LogP contribution in [0.1, 0.15) is 18.9 Å². The van der Waals surface area contributed by atoms with Gasteiger partial charge in [-0.3, -0.25) is 4.79 Å². The van der Waals surface area contributed by atoms with Gasteiger partial charge in [-0.2, -0.15) is 8.78 Å². The van der Waals surface area contributed by atoms with Crippen LogP contribution >= 0.6 is 11.8 Å². The lowest BCUT2D eigenvalue weighted by molar-refractivity contribution is -0.109. The molecule has 0 amide bonds. The van der Waals surface area contributed by atoms with Gasteiger partial charge in [0, 0.05) is 12.7 Å². The van der Waals surface area contributed by atoms with Crippen LogP contribution in [0.4, 0.5) is 13.2 Å². The Morgan fingerprint density at radius 3 is 2.84 bits per heavy atom. The van der Waals surface area contributed by atoms with Crippen molar-refractivity contribution in [2.45, 2.75) is 20.0 Å². The highest BCUT2D eigenvalue weighted by Gasteiger charge is 2.11. The molecule has 0 radical (unpaired) electrons. The summed E-state index contributed by atoms with van der Waals surface area (Å²) in [5.41, 5.74) is -0.0179. The number of benzene rings is 1. The molecule has 0 aliphatic rings. The SMILES string of the molecule is CC(=O)SCCC=Cc1c(F)cccc1OC(F)F. The number of halogens is 3. The van der Waals surface area contributed by atoms with Gasteiger partial charge in [0.15, 0.2) is 5.12 Å². The number of alkyl halides is 2. The van der Waals surface area contributed by atoms with E-state index in [2.05, 4.69) is 4.74 Å². The molecule has 0 saturated heterocycles. The Bertz CT molecular complexity index is 461. The maximum Gasteiger partial charge on any atom is 0.387 e. The molecule has 0 N–H and O–H groups in total. The third-order valence-corrected chi connectivity index (χ3v) is 2.95. The van der Waals surface area contributed by atoms with E-state index in [0.29, 0.717) is 12.2 Å². The number of thioether (sulfide) groups is 1. The summed E-state index contributed by atoms with van der Waals surface area (Å²) >= 11 is 1.15. The predicted molar refractivity (Wildman–Crippen MR) is 69.8 cm³/mol. The van der Waals surface area contributed by atoms with Gasteiger partial charge in [-0.05, 0) is 18.6 Å². The highest BCUT2D eigenvalue weighted by atomic mass is 32.2. The molecule has 1 aromatic rings. The van der Waals surface area contributed by atoms with E-state index in [0.717, 1.165) is 11.8 Å². The Balaban J connectivity index is 2.70. The van der Waals surface area contributed by atoms with E-state index >= 15 is 0 Å². The Morgan fingerprint density at radius 2 is 2.21 bits per heavy atom. The van der Waals surface area contributed by atoms with Crippen LogP contribution in [0.2, 0.25) is 0 Å². The van der Waals surface area contributed by atoms with Crippen LogP contribution in [0, 0.1) is 5.82 Å². The Kier molecular flexibility index (Phi) is 6.49. The van der Waals surface area contributed by atoms with Crippen molar-refractivity contribution in [3.8, 4) is 5.75 Å². The summed E-state index contributed by atoms with van der Waals surface area (Å²) in [5.74, 6) is -0.273. The van der Waals surface area contributed by atoms with Crippen LogP contribution in [0.3, 0.4) is 0 Å². The Hall–Kier alpha value is -1.43. The maximum absolute atomic E-state index is 13.5. The molecule has 104 valence electrons. The van der Waals surface area contributed by atoms with Gasteiger partial charge in [0.25, 0.3) is 0 Å². The molecule has 0 heterocycles. The van der Waals surface area contributed by atoms with Crippen molar-refractivity contribution < 1.29 is 22.7 Å². The molecule has 0 aliphatic carbocycles. The van der Waals surface area contributed by atoms with E-state index in [9.17, 15) is 18.0 Å². The molecule has 1 rings (SSSR count). The number of rotatable bonds is 6. The molecule has 0 unspecified atom stereocenters. The number of ether oxygens (including phenoxy) is 1. The zero-order valence-corrected chi connectivity index (χ0v) is 11.1. The molecule has 0 aromatic heterocycles. The second-order valence-electron chi connectivity index (χ2n) is 3.56. The first kappa shape index (κ1) is 15.6. The number of hydrogen-bond acceptors (Lipinski definition) is 3. The average Bonchev–Trinajstić information content (AvgIpc) is 2.30. The lowest BCUT2D eigenvalue weighted by Gasteiger charge is -2.08. The van der Waals surface area contributed by atoms with Crippen molar-refractivity contribution >= 4 is 23.0 Å². The van der Waals surface area contributed by atoms with Crippen LogP contribution in [0.15, 0.2) is 24.3 Å². The molecule has 1 aromatic carbocycles. The summed E-state index contributed by atoms with van der Waals surface area (Å²) in [5, 5.41) is 0.000939. The van der Waals surface area contributed by atoms with E-state index < -0.39 is 12.4 Å². The third-order valence-electron chi connectivity index (χ3n) is 2.10. The van der Waals surface area contributed by atoms with Gasteiger partial charge in [-0.15, -0.1) is 0 Å². The molecule has 0 fully saturated rings. The molecule has 0 bridgehead atoms. The van der Waals surface area contributed by atoms with Gasteiger partial charge in [0.1, 0.15) is 11.6 Å². The zero-order chi connectivity index (χ0) is 14.3. The van der Waals surface area contributed by atoms with Crippen molar-refractivity contribution in [2.24, 2.45) is 0 Å². The first-order valence-electron chi connectivity index (χ1n) is 5.54. The van der Waals surface area contributed by atoms with E-state index in [1.54, 1.807) is 6.08 Å². The molecule has 0 saturated carbocycles. The highest BCUT2D eigenvalue weighted by Crippen LogP contribution is 2.25. The fourth-order valence-electron chi connectivity index (χ4n) is 1.35. The van der Waals surface area contributed by atoms with E-state index in [1.165, 1.54) is 31.2 Å². The lowest BCUT2D eigenvalue weighted by Crippen LogP contribution is -2.04. The van der Waals surface area contributed by atoms with Crippen molar-refractivity contribution in [3.05, 3.63) is 35.7 Å². The molecule has 0 spiro atoms. The van der Waals surface area contributed by atoms with Crippen LogP contribution < -0.4 is 4.74 Å². The Labute approximate surface area is 113 Å². The van der Waals surface area contributed by atoms with Crippen LogP contribution in [0.25, 0.3) is 6.08 Å². The largest absolute Gasteiger partial charge is 0.434 e. The summed E-state index contributed by atoms with van der Waals surface area (Å²) in [6.45, 7) is -1.54. The number of allylic oxidation sites excluding steroid dienone is 1. The first-order valence-corrected chi connectivity index (χ1v) is 6.52. The van der Waals surface area contributed by atoms with Crippen LogP contribution in [0.5, 0.6) is 5.75 Å². The van der Waals surface area contributed by atoms with Crippen molar-refractivity contribution in [2.75, 3.05) is 5.75 Å². The minimum Gasteiger partial charge on any atom is -0.434 e. The monoisotopic (exact) mass is 290 g/mol. The van der Waals surface area contributed by atoms with E-state index in [4.69, 9.17) is 0 Å². The zero-order valence-electron chi connectivity index (χ0n) is 10.2. The third kappa shape index (κ3) is 5.83. The second kappa shape index (κ2) is 7.89. The molecule has 0 aliphatic heterocycles. The van der Waals surface area contributed by atoms with Gasteiger partial charge < -0.3 is 4.74 Å². The van der Waals surface area contributed by atoms with Crippen molar-refractivity contribution in [1.82, 2.24) is 0 Å². The molecule has 0 atom stereocenters. The summed E-state index contributed by atoms with van der Waals surface area (Å²) < 4.78 is 42.0. The van der Waals surface area contributed by atoms with Crippen molar-refractivity contribution in [3.63, 3.8) is 0 Å². The highest BCUT2D eigenvalue weighted by molar-refractivity contribution is 8.13. The van der Waals surface area contributed by atoms with Gasteiger partial charge in [0.2, 0.25) is 0 Å². The molecule has 2 nitrogen and oxygen atoms in total. The summed E-state index contributed by atoms with van der Waals surface area (Å²) in [7, 11) is 0. The molecule has 19 heavy (non-hydrogen) atoms. The molecule has 6 heteroatoms. The smallest absolute Gasteiger partial charge is 0.387 e. The summed E-state index contributed by atoms with van der Waals surface area (Å²) in [6, 6.07) is 3.75. The normalized spacial score (nSPS) is 11.2. The predicted octanol–water partition coefficient (Wildman–Crippen LogP) is 4.11. The van der Waals surface area contributed by atoms with Gasteiger partial charge in [-0.1, -0.05) is 30.0 Å². The molecular weight excluding hydrogens is 277 g/mol. The van der Waals surface area contributed by atoms with Crippen LogP contribution in [-0.2, 0) is 4.79 Å². The van der Waals surface area contributed by atoms with Gasteiger partial charge in [-0.25, -0.2) is 4.39 Å². The minimum atomic E-state index is -3.00. The molecular formula is C13H13F3O2S. The Morgan fingerprint density at radius 1 is 1.47 bits per heavy atom. The number of carbonyl (C=O) groups excluding carboxylic acids is 1. The summed E-state index contributed by atoms with van der Waals surface area (Å²) in [6.07, 6.45) is 3.53. The fourth-order valence-corrected chi connectivity index (χ4v) is 1.89. The van der Waals surface area contributed by atoms with Gasteiger partial charge in [0.05, 0.1) is 5.56 Å². The quantitative estimate of drug-likeness (QED) is 0.737. The number of carbonyl (C=O) groups is 1. The van der Waals surface area contributed by atoms with Crippen LogP contribution in [-0.4, -0.2) is 17.5 Å².